The molecule has 156 valence electrons. The Morgan fingerprint density at radius 1 is 1.17 bits per heavy atom. The third-order valence-corrected chi connectivity index (χ3v) is 5.43. The van der Waals surface area contributed by atoms with Gasteiger partial charge in [0, 0.05) is 43.3 Å². The molecule has 2 aromatic heterocycles. The largest absolute Gasteiger partial charge is 0.379 e. The molecule has 0 unspecified atom stereocenters. The van der Waals surface area contributed by atoms with Gasteiger partial charge in [0.1, 0.15) is 5.52 Å². The molecule has 3 heterocycles. The number of hydrogen-bond donors (Lipinski definition) is 3. The minimum atomic E-state index is -0.0295. The number of amides is 1. The lowest BCUT2D eigenvalue weighted by Gasteiger charge is -2.26. The maximum Gasteiger partial charge on any atom is 0.251 e. The van der Waals surface area contributed by atoms with Crippen molar-refractivity contribution in [2.45, 2.75) is 18.9 Å². The van der Waals surface area contributed by atoms with Gasteiger partial charge >= 0.3 is 0 Å². The van der Waals surface area contributed by atoms with E-state index in [1.807, 2.05) is 24.3 Å². The summed E-state index contributed by atoms with van der Waals surface area (Å²) in [4.78, 5) is 31.3. The van der Waals surface area contributed by atoms with Gasteiger partial charge in [0.05, 0.1) is 19.5 Å². The summed E-state index contributed by atoms with van der Waals surface area (Å²) < 4.78 is 5.40. The predicted octanol–water partition coefficient (Wildman–Crippen LogP) is 1.66. The summed E-state index contributed by atoms with van der Waals surface area (Å²) in [5.41, 5.74) is 2.90. The second-order valence-electron chi connectivity index (χ2n) is 7.70. The number of carbonyl (C=O) groups is 1. The Morgan fingerprint density at radius 2 is 1.97 bits per heavy atom. The SMILES string of the molecule is O=C(NC1CC1)c1ccc(-c2nc(NCCN3CCOCC3)c3[nH]cnc3n2)cc1. The molecule has 2 aliphatic rings. The van der Waals surface area contributed by atoms with Crippen LogP contribution in [0.25, 0.3) is 22.6 Å². The Morgan fingerprint density at radius 3 is 2.73 bits per heavy atom. The van der Waals surface area contributed by atoms with Gasteiger partial charge in [-0.25, -0.2) is 15.0 Å². The Labute approximate surface area is 174 Å². The van der Waals surface area contributed by atoms with Gasteiger partial charge in [-0.05, 0) is 25.0 Å². The first-order valence-corrected chi connectivity index (χ1v) is 10.4. The number of fused-ring (bicyclic) bond motifs is 1. The molecule has 9 heteroatoms. The van der Waals surface area contributed by atoms with Crippen molar-refractivity contribution in [1.82, 2.24) is 30.2 Å². The van der Waals surface area contributed by atoms with Gasteiger partial charge in [0.2, 0.25) is 0 Å². The van der Waals surface area contributed by atoms with Crippen molar-refractivity contribution < 1.29 is 9.53 Å². The van der Waals surface area contributed by atoms with E-state index in [0.29, 0.717) is 23.1 Å². The number of morpholine rings is 1. The monoisotopic (exact) mass is 407 g/mol. The van der Waals surface area contributed by atoms with Gasteiger partial charge in [0.25, 0.3) is 5.91 Å². The van der Waals surface area contributed by atoms with E-state index >= 15 is 0 Å². The molecule has 0 atom stereocenters. The zero-order valence-electron chi connectivity index (χ0n) is 16.7. The van der Waals surface area contributed by atoms with E-state index in [1.165, 1.54) is 0 Å². The van der Waals surface area contributed by atoms with Crippen LogP contribution in [0.4, 0.5) is 5.82 Å². The van der Waals surface area contributed by atoms with Gasteiger partial charge in [-0.15, -0.1) is 0 Å². The number of imidazole rings is 1. The molecule has 0 radical (unpaired) electrons. The summed E-state index contributed by atoms with van der Waals surface area (Å²) in [5, 5.41) is 6.42. The topological polar surface area (TPSA) is 108 Å². The van der Waals surface area contributed by atoms with E-state index in [4.69, 9.17) is 9.72 Å². The van der Waals surface area contributed by atoms with E-state index in [9.17, 15) is 4.79 Å². The van der Waals surface area contributed by atoms with E-state index in [2.05, 4.69) is 30.5 Å². The van der Waals surface area contributed by atoms with Crippen molar-refractivity contribution in [2.75, 3.05) is 44.7 Å². The number of hydrogen-bond acceptors (Lipinski definition) is 7. The number of ether oxygens (including phenoxy) is 1. The van der Waals surface area contributed by atoms with Crippen LogP contribution >= 0.6 is 0 Å². The number of anilines is 1. The maximum atomic E-state index is 12.2. The summed E-state index contributed by atoms with van der Waals surface area (Å²) in [6, 6.07) is 7.74. The molecular formula is C21H25N7O2. The second-order valence-corrected chi connectivity index (χ2v) is 7.70. The van der Waals surface area contributed by atoms with Crippen LogP contribution in [0.1, 0.15) is 23.2 Å². The number of aromatic nitrogens is 4. The van der Waals surface area contributed by atoms with Crippen molar-refractivity contribution in [2.24, 2.45) is 0 Å². The molecule has 1 aromatic carbocycles. The molecule has 3 aromatic rings. The van der Waals surface area contributed by atoms with Crippen LogP contribution in [0.15, 0.2) is 30.6 Å². The molecule has 1 aliphatic carbocycles. The summed E-state index contributed by atoms with van der Waals surface area (Å²) in [7, 11) is 0. The van der Waals surface area contributed by atoms with Crippen molar-refractivity contribution in [3.63, 3.8) is 0 Å². The van der Waals surface area contributed by atoms with Crippen molar-refractivity contribution in [1.29, 1.82) is 0 Å². The Kier molecular flexibility index (Phi) is 5.29. The van der Waals surface area contributed by atoms with E-state index in [0.717, 1.165) is 69.1 Å². The highest BCUT2D eigenvalue weighted by molar-refractivity contribution is 5.95. The highest BCUT2D eigenvalue weighted by atomic mass is 16.5. The van der Waals surface area contributed by atoms with Gasteiger partial charge in [-0.2, -0.15) is 0 Å². The highest BCUT2D eigenvalue weighted by Crippen LogP contribution is 2.24. The Hall–Kier alpha value is -3.04. The van der Waals surface area contributed by atoms with Crippen molar-refractivity contribution in [3.8, 4) is 11.4 Å². The molecule has 30 heavy (non-hydrogen) atoms. The normalized spacial score (nSPS) is 17.2. The molecule has 1 aliphatic heterocycles. The van der Waals surface area contributed by atoms with Crippen LogP contribution < -0.4 is 10.6 Å². The summed E-state index contributed by atoms with van der Waals surface area (Å²) in [6.45, 7) is 5.18. The molecule has 9 nitrogen and oxygen atoms in total. The molecule has 0 bridgehead atoms. The van der Waals surface area contributed by atoms with Crippen LogP contribution in [0, 0.1) is 0 Å². The van der Waals surface area contributed by atoms with E-state index < -0.39 is 0 Å². The maximum absolute atomic E-state index is 12.2. The summed E-state index contributed by atoms with van der Waals surface area (Å²) >= 11 is 0. The third-order valence-electron chi connectivity index (χ3n) is 5.43. The number of nitrogens with one attached hydrogen (secondary N) is 3. The van der Waals surface area contributed by atoms with E-state index in [1.54, 1.807) is 6.33 Å². The molecule has 0 spiro atoms. The van der Waals surface area contributed by atoms with Crippen molar-refractivity contribution >= 4 is 22.9 Å². The van der Waals surface area contributed by atoms with Crippen LogP contribution in [0.3, 0.4) is 0 Å². The Balaban J connectivity index is 1.32. The molecule has 2 fully saturated rings. The average molecular weight is 407 g/mol. The molecule has 3 N–H and O–H groups in total. The number of H-pyrrole nitrogens is 1. The van der Waals surface area contributed by atoms with Crippen LogP contribution in [0.2, 0.25) is 0 Å². The van der Waals surface area contributed by atoms with Crippen LogP contribution in [-0.2, 0) is 4.74 Å². The minimum Gasteiger partial charge on any atom is -0.379 e. The lowest BCUT2D eigenvalue weighted by molar-refractivity contribution is 0.0398. The molecule has 1 saturated heterocycles. The number of rotatable bonds is 7. The first kappa shape index (κ1) is 19.0. The first-order valence-electron chi connectivity index (χ1n) is 10.4. The standard InChI is InChI=1S/C21H25N7O2/c29-21(25-16-5-6-16)15-3-1-14(2-4-15)18-26-19(17-20(27-18)24-13-23-17)22-7-8-28-9-11-30-12-10-28/h1-4,13,16H,5-12H2,(H,25,29)(H2,22,23,24,26,27). The lowest BCUT2D eigenvalue weighted by Crippen LogP contribution is -2.39. The summed E-state index contributed by atoms with van der Waals surface area (Å²) in [6.07, 6.45) is 3.77. The van der Waals surface area contributed by atoms with Crippen LogP contribution in [0.5, 0.6) is 0 Å². The second kappa shape index (κ2) is 8.37. The highest BCUT2D eigenvalue weighted by Gasteiger charge is 2.23. The number of nitrogens with zero attached hydrogens (tertiary/aromatic N) is 4. The molecule has 1 amide bonds. The first-order chi connectivity index (χ1) is 14.8. The minimum absolute atomic E-state index is 0.0295. The van der Waals surface area contributed by atoms with Gasteiger partial charge in [0.15, 0.2) is 17.3 Å². The number of carbonyl (C=O) groups excluding carboxylic acids is 1. The van der Waals surface area contributed by atoms with E-state index in [-0.39, 0.29) is 5.91 Å². The fourth-order valence-electron chi connectivity index (χ4n) is 3.51. The van der Waals surface area contributed by atoms with Crippen LogP contribution in [-0.4, -0.2) is 76.2 Å². The van der Waals surface area contributed by atoms with Crippen molar-refractivity contribution in [3.05, 3.63) is 36.2 Å². The fourth-order valence-corrected chi connectivity index (χ4v) is 3.51. The number of aromatic amines is 1. The Bertz CT molecular complexity index is 1020. The summed E-state index contributed by atoms with van der Waals surface area (Å²) in [5.74, 6) is 1.28. The predicted molar refractivity (Wildman–Crippen MR) is 113 cm³/mol. The number of benzene rings is 1. The van der Waals surface area contributed by atoms with Gasteiger partial charge in [-0.1, -0.05) is 12.1 Å². The lowest BCUT2D eigenvalue weighted by atomic mass is 10.1. The fraction of sp³-hybridized carbons (Fsp3) is 0.429. The van der Waals surface area contributed by atoms with Gasteiger partial charge < -0.3 is 20.4 Å². The zero-order chi connectivity index (χ0) is 20.3. The zero-order valence-corrected chi connectivity index (χ0v) is 16.7. The molecule has 5 rings (SSSR count). The third kappa shape index (κ3) is 4.27. The van der Waals surface area contributed by atoms with Gasteiger partial charge in [-0.3, -0.25) is 9.69 Å². The average Bonchev–Trinajstić information content (AvgIpc) is 3.46. The smallest absolute Gasteiger partial charge is 0.251 e. The molecule has 1 saturated carbocycles. The molecular weight excluding hydrogens is 382 g/mol. The quantitative estimate of drug-likeness (QED) is 0.547.